The van der Waals surface area contributed by atoms with Gasteiger partial charge in [-0.3, -0.25) is 0 Å². The average molecular weight is 588 g/mol. The van der Waals surface area contributed by atoms with Crippen LogP contribution in [0, 0.1) is 0 Å². The SMILES string of the molecule is [CH3][Sn]([CH3])([CH3])[c]1cccc(C(=O)NCCCCCCCCNc2c3ccccc3nc3ccccc23)c1. The number of unbranched alkanes of at least 4 members (excludes halogenated alkanes) is 5. The standard InChI is InChI=1S/C28H30N3O.3CH3.Sn/c32-28(22-14-6-5-7-15-22)30-21-13-4-2-1-3-12-20-29-27-23-16-8-10-18-25(23)31-26-19-11-9-17-24(26)27;;;;/h5-6,8-11,14-19H,1-4,12-13,20-21H2,(H,29,31)(H,30,32);3*1H3;. The first kappa shape index (κ1) is 26.5. The van der Waals surface area contributed by atoms with Gasteiger partial charge < -0.3 is 5.32 Å². The Morgan fingerprint density at radius 1 is 0.722 bits per heavy atom. The molecule has 0 aliphatic rings. The molecule has 1 amide bonds. The van der Waals surface area contributed by atoms with Crippen molar-refractivity contribution in [1.82, 2.24) is 10.3 Å². The van der Waals surface area contributed by atoms with Gasteiger partial charge in [0.25, 0.3) is 0 Å². The molecule has 1 aromatic heterocycles. The molecule has 4 aromatic rings. The van der Waals surface area contributed by atoms with Crippen LogP contribution >= 0.6 is 0 Å². The van der Waals surface area contributed by atoms with Gasteiger partial charge in [0.05, 0.1) is 16.7 Å². The molecule has 0 fully saturated rings. The number of carbonyl (C=O) groups excluding carboxylic acids is 1. The van der Waals surface area contributed by atoms with Crippen LogP contribution in [-0.4, -0.2) is 42.4 Å². The Kier molecular flexibility index (Phi) is 9.24. The minimum absolute atomic E-state index is 0.0645. The minimum atomic E-state index is -2.15. The Hall–Kier alpha value is -2.60. The van der Waals surface area contributed by atoms with E-state index in [0.29, 0.717) is 0 Å². The summed E-state index contributed by atoms with van der Waals surface area (Å²) < 4.78 is 1.40. The van der Waals surface area contributed by atoms with E-state index in [9.17, 15) is 4.79 Å². The predicted molar refractivity (Wildman–Crippen MR) is 157 cm³/mol. The number of nitrogens with zero attached hydrogens (tertiary/aromatic N) is 1. The molecule has 0 saturated carbocycles. The second kappa shape index (κ2) is 12.6. The van der Waals surface area contributed by atoms with Gasteiger partial charge in [-0.15, -0.1) is 0 Å². The van der Waals surface area contributed by atoms with Gasteiger partial charge in [0.2, 0.25) is 0 Å². The summed E-state index contributed by atoms with van der Waals surface area (Å²) >= 11 is -2.15. The molecule has 4 nitrogen and oxygen atoms in total. The summed E-state index contributed by atoms with van der Waals surface area (Å²) in [5.74, 6) is 0.0645. The molecular formula is C31H39N3OSn. The fraction of sp³-hybridized carbons (Fsp3) is 0.355. The quantitative estimate of drug-likeness (QED) is 0.105. The van der Waals surface area contributed by atoms with Gasteiger partial charge in [0.15, 0.2) is 0 Å². The van der Waals surface area contributed by atoms with Crippen LogP contribution in [0.4, 0.5) is 5.69 Å². The van der Waals surface area contributed by atoms with Crippen molar-refractivity contribution in [2.45, 2.75) is 53.3 Å². The molecule has 0 spiro atoms. The van der Waals surface area contributed by atoms with Crippen LogP contribution in [0.15, 0.2) is 72.8 Å². The number of hydrogen-bond donors (Lipinski definition) is 2. The molecule has 36 heavy (non-hydrogen) atoms. The van der Waals surface area contributed by atoms with Gasteiger partial charge in [-0.1, -0.05) is 36.4 Å². The number of nitrogens with one attached hydrogen (secondary N) is 2. The van der Waals surface area contributed by atoms with Gasteiger partial charge in [0.1, 0.15) is 0 Å². The van der Waals surface area contributed by atoms with Crippen molar-refractivity contribution in [3.05, 3.63) is 78.4 Å². The summed E-state index contributed by atoms with van der Waals surface area (Å²) in [5.41, 5.74) is 4.08. The normalized spacial score (nSPS) is 11.6. The van der Waals surface area contributed by atoms with Crippen LogP contribution in [-0.2, 0) is 0 Å². The molecule has 5 heteroatoms. The van der Waals surface area contributed by atoms with E-state index in [-0.39, 0.29) is 5.91 Å². The Balaban J connectivity index is 1.14. The van der Waals surface area contributed by atoms with Crippen LogP contribution in [0.2, 0.25) is 14.8 Å². The summed E-state index contributed by atoms with van der Waals surface area (Å²) in [7, 11) is 0. The fourth-order valence-corrected chi connectivity index (χ4v) is 8.01. The fourth-order valence-electron chi connectivity index (χ4n) is 4.63. The van der Waals surface area contributed by atoms with Crippen LogP contribution in [0.3, 0.4) is 0 Å². The van der Waals surface area contributed by atoms with Crippen LogP contribution in [0.1, 0.15) is 48.9 Å². The van der Waals surface area contributed by atoms with Crippen molar-refractivity contribution in [3.8, 4) is 0 Å². The zero-order valence-electron chi connectivity index (χ0n) is 21.9. The van der Waals surface area contributed by atoms with Gasteiger partial charge >= 0.3 is 128 Å². The molecule has 0 saturated heterocycles. The molecule has 0 aliphatic heterocycles. The second-order valence-corrected chi connectivity index (χ2v) is 25.1. The van der Waals surface area contributed by atoms with E-state index in [4.69, 9.17) is 4.98 Å². The number of fused-ring (bicyclic) bond motifs is 2. The summed E-state index contributed by atoms with van der Waals surface area (Å²) in [6, 6.07) is 25.0. The van der Waals surface area contributed by atoms with Crippen molar-refractivity contribution >= 4 is 55.4 Å². The second-order valence-electron chi connectivity index (χ2n) is 10.7. The number of amides is 1. The third kappa shape index (κ3) is 7.00. The molecule has 0 radical (unpaired) electrons. The molecule has 1 heterocycles. The number of carbonyl (C=O) groups is 1. The van der Waals surface area contributed by atoms with Crippen molar-refractivity contribution in [2.24, 2.45) is 0 Å². The van der Waals surface area contributed by atoms with E-state index in [0.717, 1.165) is 48.9 Å². The number of pyridine rings is 1. The summed E-state index contributed by atoms with van der Waals surface area (Å²) in [4.78, 5) is 24.5. The zero-order chi connectivity index (χ0) is 25.4. The topological polar surface area (TPSA) is 54.0 Å². The molecule has 0 unspecified atom stereocenters. The van der Waals surface area contributed by atoms with Gasteiger partial charge in [-0.25, -0.2) is 4.98 Å². The van der Waals surface area contributed by atoms with Gasteiger partial charge in [-0.05, 0) is 12.1 Å². The van der Waals surface area contributed by atoms with E-state index in [2.05, 4.69) is 74.0 Å². The number of aromatic nitrogens is 1. The molecular weight excluding hydrogens is 549 g/mol. The molecule has 0 atom stereocenters. The molecule has 4 rings (SSSR count). The Morgan fingerprint density at radius 2 is 1.31 bits per heavy atom. The Bertz CT molecular complexity index is 1260. The van der Waals surface area contributed by atoms with E-state index < -0.39 is 18.4 Å². The molecule has 0 bridgehead atoms. The first-order chi connectivity index (χ1) is 17.4. The predicted octanol–water partition coefficient (Wildman–Crippen LogP) is 7.12. The van der Waals surface area contributed by atoms with E-state index in [1.165, 1.54) is 39.3 Å². The molecule has 3 aromatic carbocycles. The molecule has 188 valence electrons. The van der Waals surface area contributed by atoms with E-state index >= 15 is 0 Å². The number of benzene rings is 3. The van der Waals surface area contributed by atoms with Crippen LogP contribution < -0.4 is 14.2 Å². The monoisotopic (exact) mass is 589 g/mol. The third-order valence-corrected chi connectivity index (χ3v) is 12.6. The van der Waals surface area contributed by atoms with Crippen molar-refractivity contribution < 1.29 is 4.79 Å². The van der Waals surface area contributed by atoms with Crippen molar-refractivity contribution in [3.63, 3.8) is 0 Å². The van der Waals surface area contributed by atoms with Gasteiger partial charge in [-0.2, -0.15) is 0 Å². The molecule has 2 N–H and O–H groups in total. The number of hydrogen-bond acceptors (Lipinski definition) is 3. The van der Waals surface area contributed by atoms with Gasteiger partial charge in [0, 0.05) is 17.3 Å². The maximum atomic E-state index is 12.5. The first-order valence-corrected chi connectivity index (χ1v) is 23.3. The maximum absolute atomic E-state index is 12.5. The zero-order valence-corrected chi connectivity index (χ0v) is 24.8. The van der Waals surface area contributed by atoms with Crippen LogP contribution in [0.25, 0.3) is 21.8 Å². The summed E-state index contributed by atoms with van der Waals surface area (Å²) in [5, 5.41) is 9.18. The summed E-state index contributed by atoms with van der Waals surface area (Å²) in [6.07, 6.45) is 7.00. The van der Waals surface area contributed by atoms with Crippen LogP contribution in [0.5, 0.6) is 0 Å². The van der Waals surface area contributed by atoms with Crippen molar-refractivity contribution in [2.75, 3.05) is 18.4 Å². The third-order valence-electron chi connectivity index (χ3n) is 6.77. The number of anilines is 1. The first-order valence-electron chi connectivity index (χ1n) is 13.3. The summed E-state index contributed by atoms with van der Waals surface area (Å²) in [6.45, 7) is 1.72. The Labute approximate surface area is 219 Å². The average Bonchev–Trinajstić information content (AvgIpc) is 2.88. The van der Waals surface area contributed by atoms with E-state index in [1.54, 1.807) is 0 Å². The number of rotatable bonds is 12. The number of para-hydroxylation sites is 2. The van der Waals surface area contributed by atoms with E-state index in [1.807, 2.05) is 24.3 Å². The Morgan fingerprint density at radius 3 is 1.94 bits per heavy atom. The molecule has 0 aliphatic carbocycles. The van der Waals surface area contributed by atoms with Crippen molar-refractivity contribution in [1.29, 1.82) is 0 Å².